The lowest BCUT2D eigenvalue weighted by atomic mass is 10.0. The molecule has 0 atom stereocenters. The second-order valence-electron chi connectivity index (χ2n) is 13.4. The maximum Gasteiger partial charge on any atom is 0.180 e. The monoisotopic (exact) mass is 802 g/mol. The Morgan fingerprint density at radius 2 is 0.574 bits per heavy atom. The van der Waals surface area contributed by atoms with Crippen LogP contribution in [0.4, 0.5) is 0 Å². The Morgan fingerprint density at radius 1 is 0.296 bits per heavy atom. The number of benzene rings is 7. The first-order valence-corrected chi connectivity index (χ1v) is 24.3. The molecule has 4 aromatic heterocycles. The van der Waals surface area contributed by atoms with Crippen molar-refractivity contribution in [1.29, 1.82) is 0 Å². The summed E-state index contributed by atoms with van der Waals surface area (Å²) in [4.78, 5) is 0. The largest absolute Gasteiger partial charge is 0.308 e. The Hall–Kier alpha value is -4.64. The molecule has 258 valence electrons. The minimum Gasteiger partial charge on any atom is -0.308 e. The van der Waals surface area contributed by atoms with Crippen LogP contribution in [0.2, 0.25) is 0 Å². The van der Waals surface area contributed by atoms with E-state index in [1.807, 2.05) is 144 Å². The average molecular weight is 803 g/mol. The summed E-state index contributed by atoms with van der Waals surface area (Å²) in [5.41, 5.74) is 0. The molecule has 8 heteroatoms. The van der Waals surface area contributed by atoms with E-state index < -0.39 is 14.3 Å². The molecule has 0 bridgehead atoms. The average Bonchev–Trinajstić information content (AvgIpc) is 4.03. The van der Waals surface area contributed by atoms with Crippen molar-refractivity contribution in [2.45, 2.75) is 0 Å². The SMILES string of the molecule is O=P(c1ccccc1)(c1ccccc1)c1cc2c(ccc3sc4ccc5sc6ccc7sc(P(=O)(c8ccccc8)c8ccccc8)cc7c6c5c4c32)s1. The quantitative estimate of drug-likeness (QED) is 0.157. The van der Waals surface area contributed by atoms with Crippen LogP contribution in [0.1, 0.15) is 0 Å². The van der Waals surface area contributed by atoms with E-state index in [1.54, 1.807) is 22.7 Å². The topological polar surface area (TPSA) is 34.1 Å². The first-order valence-electron chi connectivity index (χ1n) is 17.6. The molecule has 0 N–H and O–H groups in total. The van der Waals surface area contributed by atoms with Crippen molar-refractivity contribution < 1.29 is 9.13 Å². The van der Waals surface area contributed by atoms with Gasteiger partial charge in [0, 0.05) is 81.7 Å². The Bertz CT molecular complexity index is 3010. The fraction of sp³-hybridized carbons (Fsp3) is 0. The number of hydrogen-bond acceptors (Lipinski definition) is 6. The van der Waals surface area contributed by atoms with Gasteiger partial charge in [0.15, 0.2) is 14.3 Å². The molecule has 0 fully saturated rings. The van der Waals surface area contributed by atoms with Crippen LogP contribution < -0.4 is 30.5 Å². The minimum absolute atomic E-state index is 0.847. The van der Waals surface area contributed by atoms with Gasteiger partial charge in [-0.1, -0.05) is 121 Å². The molecule has 54 heavy (non-hydrogen) atoms. The van der Waals surface area contributed by atoms with E-state index >= 15 is 9.13 Å². The summed E-state index contributed by atoms with van der Waals surface area (Å²) in [5, 5.41) is 10.6. The molecule has 11 aromatic rings. The maximum absolute atomic E-state index is 15.5. The summed E-state index contributed by atoms with van der Waals surface area (Å²) in [5.74, 6) is 0. The smallest absolute Gasteiger partial charge is 0.180 e. The summed E-state index contributed by atoms with van der Waals surface area (Å²) >= 11 is 6.94. The highest BCUT2D eigenvalue weighted by atomic mass is 32.1. The van der Waals surface area contributed by atoms with Gasteiger partial charge in [-0.2, -0.15) is 0 Å². The van der Waals surface area contributed by atoms with Crippen molar-refractivity contribution in [2.24, 2.45) is 0 Å². The zero-order valence-electron chi connectivity index (χ0n) is 28.5. The van der Waals surface area contributed by atoms with Gasteiger partial charge in [0.2, 0.25) is 0 Å². The fourth-order valence-electron chi connectivity index (χ4n) is 7.98. The Labute approximate surface area is 327 Å². The molecule has 11 rings (SSSR count). The van der Waals surface area contributed by atoms with Crippen LogP contribution >= 0.6 is 59.6 Å². The second-order valence-corrected chi connectivity index (χ2v) is 23.9. The predicted octanol–water partition coefficient (Wildman–Crippen LogP) is 12.1. The summed E-state index contributed by atoms with van der Waals surface area (Å²) in [6.07, 6.45) is 0. The van der Waals surface area contributed by atoms with Crippen LogP contribution in [0.3, 0.4) is 0 Å². The highest BCUT2D eigenvalue weighted by Gasteiger charge is 2.34. The predicted molar refractivity (Wildman–Crippen MR) is 242 cm³/mol. The van der Waals surface area contributed by atoms with Crippen LogP contribution in [0.25, 0.3) is 60.5 Å². The van der Waals surface area contributed by atoms with E-state index in [2.05, 4.69) is 48.5 Å². The third kappa shape index (κ3) is 4.75. The highest BCUT2D eigenvalue weighted by Crippen LogP contribution is 2.52. The first kappa shape index (κ1) is 32.8. The molecule has 7 aromatic carbocycles. The van der Waals surface area contributed by atoms with Crippen LogP contribution in [0.15, 0.2) is 170 Å². The van der Waals surface area contributed by atoms with Gasteiger partial charge in [-0.3, -0.25) is 0 Å². The van der Waals surface area contributed by atoms with E-state index in [-0.39, 0.29) is 0 Å². The number of rotatable bonds is 6. The molecule has 4 heterocycles. The van der Waals surface area contributed by atoms with Gasteiger partial charge in [0.1, 0.15) is 0 Å². The molecular formula is C46H28O2P2S4. The number of thiophene rings is 4. The highest BCUT2D eigenvalue weighted by molar-refractivity contribution is 7.90. The van der Waals surface area contributed by atoms with Gasteiger partial charge in [0.25, 0.3) is 0 Å². The van der Waals surface area contributed by atoms with Gasteiger partial charge in [-0.25, -0.2) is 0 Å². The molecule has 2 nitrogen and oxygen atoms in total. The maximum atomic E-state index is 15.5. The van der Waals surface area contributed by atoms with Crippen molar-refractivity contribution in [3.05, 3.63) is 170 Å². The van der Waals surface area contributed by atoms with E-state index in [0.29, 0.717) is 0 Å². The summed E-state index contributed by atoms with van der Waals surface area (Å²) in [7, 11) is -6.28. The first-order chi connectivity index (χ1) is 26.5. The second kappa shape index (κ2) is 12.4. The standard InChI is InChI=1S/C46H28O2P2S4/c47-49(29-13-5-1-6-14-29,30-15-7-2-8-16-30)41-27-33-35(53-41)21-23-37-43(33)45-39(51-37)25-26-40-46(45)44-34-28-42(54-36(34)22-24-38(44)52-40)50(48,31-17-9-3-10-18-31)32-19-11-4-12-20-32/h1-28H. The normalized spacial score (nSPS) is 12.6. The van der Waals surface area contributed by atoms with Gasteiger partial charge in [-0.05, 0) is 48.5 Å². The summed E-state index contributed by atoms with van der Waals surface area (Å²) in [6, 6.07) is 57.7. The van der Waals surface area contributed by atoms with E-state index in [0.717, 1.165) is 50.6 Å². The molecule has 0 spiro atoms. The van der Waals surface area contributed by atoms with Crippen LogP contribution in [0.5, 0.6) is 0 Å². The van der Waals surface area contributed by atoms with Crippen molar-refractivity contribution in [1.82, 2.24) is 0 Å². The fourth-order valence-corrected chi connectivity index (χ4v) is 19.3. The van der Waals surface area contributed by atoms with Gasteiger partial charge in [0.05, 0.1) is 9.24 Å². The molecule has 0 amide bonds. The van der Waals surface area contributed by atoms with Gasteiger partial charge >= 0.3 is 0 Å². The number of fused-ring (bicyclic) bond motifs is 11. The Morgan fingerprint density at radius 3 is 0.889 bits per heavy atom. The number of hydrogen-bond donors (Lipinski definition) is 0. The third-order valence-electron chi connectivity index (χ3n) is 10.5. The zero-order valence-corrected chi connectivity index (χ0v) is 33.6. The summed E-state index contributed by atoms with van der Waals surface area (Å²) < 4.78 is 40.0. The van der Waals surface area contributed by atoms with Gasteiger partial charge in [-0.15, -0.1) is 45.3 Å². The van der Waals surface area contributed by atoms with Crippen LogP contribution in [-0.2, 0) is 9.13 Å². The molecular weight excluding hydrogens is 775 g/mol. The van der Waals surface area contributed by atoms with E-state index in [1.165, 1.54) is 40.3 Å². The molecule has 0 aliphatic heterocycles. The molecule has 0 aliphatic rings. The van der Waals surface area contributed by atoms with Crippen molar-refractivity contribution in [3.63, 3.8) is 0 Å². The Kier molecular flexibility index (Phi) is 7.55. The lowest BCUT2D eigenvalue weighted by molar-refractivity contribution is 0.592. The van der Waals surface area contributed by atoms with Crippen LogP contribution in [-0.4, -0.2) is 0 Å². The van der Waals surface area contributed by atoms with Crippen LogP contribution in [0, 0.1) is 0 Å². The minimum atomic E-state index is -3.14. The van der Waals surface area contributed by atoms with Crippen molar-refractivity contribution in [2.75, 3.05) is 0 Å². The molecule has 0 unspecified atom stereocenters. The van der Waals surface area contributed by atoms with Gasteiger partial charge < -0.3 is 9.13 Å². The lowest BCUT2D eigenvalue weighted by Gasteiger charge is -2.17. The molecule has 0 aliphatic carbocycles. The molecule has 0 saturated carbocycles. The van der Waals surface area contributed by atoms with Crippen molar-refractivity contribution in [3.8, 4) is 0 Å². The van der Waals surface area contributed by atoms with E-state index in [9.17, 15) is 0 Å². The third-order valence-corrected chi connectivity index (χ3v) is 22.2. The molecule has 0 radical (unpaired) electrons. The van der Waals surface area contributed by atoms with Crippen molar-refractivity contribution >= 4 is 151 Å². The Balaban J connectivity index is 1.21. The lowest BCUT2D eigenvalue weighted by Crippen LogP contribution is -2.23. The summed E-state index contributed by atoms with van der Waals surface area (Å²) in [6.45, 7) is 0. The molecule has 0 saturated heterocycles. The zero-order chi connectivity index (χ0) is 36.0. The van der Waals surface area contributed by atoms with E-state index in [4.69, 9.17) is 0 Å².